The number of aryl methyl sites for hydroxylation is 2. The molecule has 0 radical (unpaired) electrons. The van der Waals surface area contributed by atoms with Gasteiger partial charge in [-0.25, -0.2) is 4.98 Å². The van der Waals surface area contributed by atoms with E-state index in [4.69, 9.17) is 0 Å². The minimum atomic E-state index is 0.0659. The molecule has 1 atom stereocenters. The van der Waals surface area contributed by atoms with Crippen LogP contribution >= 0.6 is 0 Å². The fraction of sp³-hybridized carbons (Fsp3) is 0.556. The summed E-state index contributed by atoms with van der Waals surface area (Å²) >= 11 is 0. The van der Waals surface area contributed by atoms with Crippen LogP contribution < -0.4 is 0 Å². The van der Waals surface area contributed by atoms with E-state index in [1.54, 1.807) is 0 Å². The summed E-state index contributed by atoms with van der Waals surface area (Å²) in [6.07, 6.45) is 6.62. The monoisotopic (exact) mass is 315 g/mol. The number of pyridine rings is 1. The predicted octanol–water partition coefficient (Wildman–Crippen LogP) is 2.58. The lowest BCUT2D eigenvalue weighted by atomic mass is 9.98. The van der Waals surface area contributed by atoms with Gasteiger partial charge in [0.2, 0.25) is 0 Å². The largest absolute Gasteiger partial charge is 0.396 e. The molecule has 1 aliphatic rings. The number of hydrogen-bond acceptors (Lipinski definition) is 3. The highest BCUT2D eigenvalue weighted by Crippen LogP contribution is 2.22. The second kappa shape index (κ2) is 6.71. The Bertz CT molecular complexity index is 706. The van der Waals surface area contributed by atoms with E-state index in [9.17, 15) is 9.90 Å². The van der Waals surface area contributed by atoms with Crippen LogP contribution in [0.4, 0.5) is 0 Å². The first kappa shape index (κ1) is 16.0. The van der Waals surface area contributed by atoms with Gasteiger partial charge in [-0.1, -0.05) is 6.92 Å². The Kier molecular flexibility index (Phi) is 4.66. The number of fused-ring (bicyclic) bond motifs is 1. The molecule has 1 unspecified atom stereocenters. The molecular formula is C18H25N3O2. The van der Waals surface area contributed by atoms with Crippen LogP contribution in [0.2, 0.25) is 0 Å². The quantitative estimate of drug-likeness (QED) is 0.943. The summed E-state index contributed by atoms with van der Waals surface area (Å²) < 4.78 is 2.01. The number of amides is 1. The third kappa shape index (κ3) is 2.98. The number of rotatable bonds is 4. The first-order chi connectivity index (χ1) is 11.2. The SMILES string of the molecule is CCc1nc2ccc(C(=O)N3CCCCC3CCO)cn2c1C. The van der Waals surface area contributed by atoms with Crippen molar-refractivity contribution in [3.8, 4) is 0 Å². The fourth-order valence-corrected chi connectivity index (χ4v) is 3.56. The van der Waals surface area contributed by atoms with Crippen LogP contribution in [-0.2, 0) is 6.42 Å². The second-order valence-electron chi connectivity index (χ2n) is 6.30. The van der Waals surface area contributed by atoms with Gasteiger partial charge < -0.3 is 14.4 Å². The van der Waals surface area contributed by atoms with Crippen molar-refractivity contribution >= 4 is 11.6 Å². The first-order valence-electron chi connectivity index (χ1n) is 8.55. The van der Waals surface area contributed by atoms with Gasteiger partial charge in [0.05, 0.1) is 11.3 Å². The number of likely N-dealkylation sites (tertiary alicyclic amines) is 1. The van der Waals surface area contributed by atoms with E-state index < -0.39 is 0 Å². The predicted molar refractivity (Wildman–Crippen MR) is 89.7 cm³/mol. The average molecular weight is 315 g/mol. The third-order valence-corrected chi connectivity index (χ3v) is 4.89. The Morgan fingerprint density at radius 2 is 2.22 bits per heavy atom. The van der Waals surface area contributed by atoms with Crippen LogP contribution in [-0.4, -0.2) is 44.5 Å². The third-order valence-electron chi connectivity index (χ3n) is 4.89. The van der Waals surface area contributed by atoms with E-state index in [0.29, 0.717) is 12.0 Å². The highest BCUT2D eigenvalue weighted by molar-refractivity contribution is 5.94. The topological polar surface area (TPSA) is 57.8 Å². The van der Waals surface area contributed by atoms with Crippen molar-refractivity contribution in [3.05, 3.63) is 35.3 Å². The zero-order valence-electron chi connectivity index (χ0n) is 14.0. The molecule has 2 aromatic rings. The van der Waals surface area contributed by atoms with Crippen molar-refractivity contribution in [2.75, 3.05) is 13.2 Å². The van der Waals surface area contributed by atoms with Crippen molar-refractivity contribution in [1.82, 2.24) is 14.3 Å². The lowest BCUT2D eigenvalue weighted by Gasteiger charge is -2.35. The van der Waals surface area contributed by atoms with E-state index in [1.165, 1.54) is 0 Å². The molecule has 5 heteroatoms. The van der Waals surface area contributed by atoms with Crippen LogP contribution in [0.25, 0.3) is 5.65 Å². The zero-order valence-corrected chi connectivity index (χ0v) is 14.0. The molecule has 1 saturated heterocycles. The molecule has 2 aromatic heterocycles. The van der Waals surface area contributed by atoms with Crippen molar-refractivity contribution in [2.45, 2.75) is 52.0 Å². The Morgan fingerprint density at radius 1 is 1.39 bits per heavy atom. The molecule has 23 heavy (non-hydrogen) atoms. The maximum absolute atomic E-state index is 12.9. The zero-order chi connectivity index (χ0) is 16.4. The van der Waals surface area contributed by atoms with Gasteiger partial charge in [0.15, 0.2) is 0 Å². The molecule has 1 aliphatic heterocycles. The Morgan fingerprint density at radius 3 is 2.96 bits per heavy atom. The van der Waals surface area contributed by atoms with Gasteiger partial charge in [0, 0.05) is 31.1 Å². The summed E-state index contributed by atoms with van der Waals surface area (Å²) in [7, 11) is 0. The van der Waals surface area contributed by atoms with E-state index in [1.807, 2.05) is 34.6 Å². The molecule has 0 saturated carbocycles. The summed E-state index contributed by atoms with van der Waals surface area (Å²) in [6.45, 7) is 5.05. The standard InChI is InChI=1S/C18H25N3O2/c1-3-16-13(2)21-12-14(7-8-17(21)19-16)18(23)20-10-5-4-6-15(20)9-11-22/h7-8,12,15,22H,3-6,9-11H2,1-2H3. The molecule has 5 nitrogen and oxygen atoms in total. The Labute approximate surface area is 136 Å². The van der Waals surface area contributed by atoms with Crippen molar-refractivity contribution < 1.29 is 9.90 Å². The molecule has 1 N–H and O–H groups in total. The first-order valence-corrected chi connectivity index (χ1v) is 8.55. The number of carbonyl (C=O) groups excluding carboxylic acids is 1. The molecule has 0 aliphatic carbocycles. The molecular weight excluding hydrogens is 290 g/mol. The van der Waals surface area contributed by atoms with Crippen molar-refractivity contribution in [3.63, 3.8) is 0 Å². The molecule has 3 rings (SSSR count). The summed E-state index contributed by atoms with van der Waals surface area (Å²) in [6, 6.07) is 3.95. The number of carbonyl (C=O) groups is 1. The number of imidazole rings is 1. The second-order valence-corrected chi connectivity index (χ2v) is 6.30. The van der Waals surface area contributed by atoms with Gasteiger partial charge in [-0.05, 0) is 51.2 Å². The fourth-order valence-electron chi connectivity index (χ4n) is 3.56. The normalized spacial score (nSPS) is 18.6. The number of aliphatic hydroxyl groups excluding tert-OH is 1. The summed E-state index contributed by atoms with van der Waals surface area (Å²) in [5, 5.41) is 9.25. The lowest BCUT2D eigenvalue weighted by Crippen LogP contribution is -2.44. The van der Waals surface area contributed by atoms with Crippen LogP contribution in [0, 0.1) is 6.92 Å². The smallest absolute Gasteiger partial charge is 0.255 e. The van der Waals surface area contributed by atoms with Crippen LogP contribution in [0.3, 0.4) is 0 Å². The molecule has 0 aromatic carbocycles. The van der Waals surface area contributed by atoms with Gasteiger partial charge in [-0.2, -0.15) is 0 Å². The number of aromatic nitrogens is 2. The van der Waals surface area contributed by atoms with E-state index >= 15 is 0 Å². The molecule has 0 spiro atoms. The van der Waals surface area contributed by atoms with Gasteiger partial charge in [0.1, 0.15) is 5.65 Å². The maximum atomic E-state index is 12.9. The van der Waals surface area contributed by atoms with Gasteiger partial charge >= 0.3 is 0 Å². The number of hydrogen-bond donors (Lipinski definition) is 1. The molecule has 1 fully saturated rings. The van der Waals surface area contributed by atoms with Gasteiger partial charge in [-0.15, -0.1) is 0 Å². The average Bonchev–Trinajstić information content (AvgIpc) is 2.91. The lowest BCUT2D eigenvalue weighted by molar-refractivity contribution is 0.0574. The van der Waals surface area contributed by atoms with E-state index in [2.05, 4.69) is 11.9 Å². The minimum Gasteiger partial charge on any atom is -0.396 e. The van der Waals surface area contributed by atoms with Crippen molar-refractivity contribution in [2.24, 2.45) is 0 Å². The summed E-state index contributed by atoms with van der Waals surface area (Å²) in [5.41, 5.74) is 3.76. The highest BCUT2D eigenvalue weighted by atomic mass is 16.3. The molecule has 124 valence electrons. The molecule has 3 heterocycles. The Balaban J connectivity index is 1.92. The number of nitrogens with zero attached hydrogens (tertiary/aromatic N) is 3. The molecule has 0 bridgehead atoms. The number of piperidine rings is 1. The summed E-state index contributed by atoms with van der Waals surface area (Å²) in [5.74, 6) is 0.0659. The number of aliphatic hydroxyl groups is 1. The van der Waals surface area contributed by atoms with Gasteiger partial charge in [0.25, 0.3) is 5.91 Å². The van der Waals surface area contributed by atoms with Crippen LogP contribution in [0.5, 0.6) is 0 Å². The van der Waals surface area contributed by atoms with Crippen LogP contribution in [0.1, 0.15) is 54.4 Å². The van der Waals surface area contributed by atoms with Crippen LogP contribution in [0.15, 0.2) is 18.3 Å². The maximum Gasteiger partial charge on any atom is 0.255 e. The van der Waals surface area contributed by atoms with E-state index in [-0.39, 0.29) is 18.6 Å². The van der Waals surface area contributed by atoms with E-state index in [0.717, 1.165) is 49.3 Å². The van der Waals surface area contributed by atoms with Gasteiger partial charge in [-0.3, -0.25) is 4.79 Å². The Hall–Kier alpha value is -1.88. The van der Waals surface area contributed by atoms with Crippen molar-refractivity contribution in [1.29, 1.82) is 0 Å². The summed E-state index contributed by atoms with van der Waals surface area (Å²) in [4.78, 5) is 19.5. The highest BCUT2D eigenvalue weighted by Gasteiger charge is 2.27. The molecule has 1 amide bonds. The minimum absolute atomic E-state index is 0.0659.